The van der Waals surface area contributed by atoms with Gasteiger partial charge in [0.1, 0.15) is 0 Å². The Hall–Kier alpha value is -3.03. The third-order valence-electron chi connectivity index (χ3n) is 4.36. The number of anilines is 1. The fourth-order valence-electron chi connectivity index (χ4n) is 3.01. The Morgan fingerprint density at radius 2 is 1.96 bits per heavy atom. The van der Waals surface area contributed by atoms with Crippen molar-refractivity contribution < 1.29 is 18.0 Å². The Kier molecular flexibility index (Phi) is 5.87. The molecule has 0 bridgehead atoms. The molecule has 0 saturated heterocycles. The molecule has 0 radical (unpaired) electrons. The van der Waals surface area contributed by atoms with Crippen LogP contribution in [0.2, 0.25) is 0 Å². The monoisotopic (exact) mass is 390 g/mol. The van der Waals surface area contributed by atoms with Crippen LogP contribution in [0.3, 0.4) is 0 Å². The SMILES string of the molecule is CC(=O)NCCCC(Nc1nc2ccccc2[nH]1)c1cccc(C(F)(F)F)c1. The lowest BCUT2D eigenvalue weighted by Gasteiger charge is -2.20. The van der Waals surface area contributed by atoms with Crippen LogP contribution in [0, 0.1) is 0 Å². The maximum atomic E-state index is 13.1. The lowest BCUT2D eigenvalue weighted by Crippen LogP contribution is -2.22. The first-order chi connectivity index (χ1) is 13.3. The highest BCUT2D eigenvalue weighted by Gasteiger charge is 2.31. The molecule has 0 fully saturated rings. The van der Waals surface area contributed by atoms with E-state index in [4.69, 9.17) is 0 Å². The van der Waals surface area contributed by atoms with Crippen LogP contribution in [-0.4, -0.2) is 22.4 Å². The van der Waals surface area contributed by atoms with Gasteiger partial charge in [0.15, 0.2) is 0 Å². The summed E-state index contributed by atoms with van der Waals surface area (Å²) in [6, 6.07) is 12.4. The molecule has 0 aliphatic heterocycles. The van der Waals surface area contributed by atoms with Crippen molar-refractivity contribution in [2.24, 2.45) is 0 Å². The van der Waals surface area contributed by atoms with Crippen LogP contribution in [0.25, 0.3) is 11.0 Å². The molecule has 3 N–H and O–H groups in total. The molecular weight excluding hydrogens is 369 g/mol. The number of aromatic nitrogens is 2. The quantitative estimate of drug-likeness (QED) is 0.514. The number of hydrogen-bond acceptors (Lipinski definition) is 3. The molecule has 28 heavy (non-hydrogen) atoms. The lowest BCUT2D eigenvalue weighted by atomic mass is 9.99. The fraction of sp³-hybridized carbons (Fsp3) is 0.300. The van der Waals surface area contributed by atoms with E-state index in [1.54, 1.807) is 6.07 Å². The minimum Gasteiger partial charge on any atom is -0.356 e. The maximum Gasteiger partial charge on any atom is 0.416 e. The van der Waals surface area contributed by atoms with Crippen molar-refractivity contribution in [2.45, 2.75) is 32.0 Å². The summed E-state index contributed by atoms with van der Waals surface area (Å²) in [5, 5.41) is 5.91. The molecule has 148 valence electrons. The summed E-state index contributed by atoms with van der Waals surface area (Å²) >= 11 is 0. The van der Waals surface area contributed by atoms with E-state index < -0.39 is 17.8 Å². The Morgan fingerprint density at radius 3 is 2.68 bits per heavy atom. The van der Waals surface area contributed by atoms with Crippen molar-refractivity contribution in [3.8, 4) is 0 Å². The van der Waals surface area contributed by atoms with Gasteiger partial charge in [0.05, 0.1) is 22.6 Å². The lowest BCUT2D eigenvalue weighted by molar-refractivity contribution is -0.137. The van der Waals surface area contributed by atoms with Crippen molar-refractivity contribution in [3.05, 3.63) is 59.7 Å². The minimum absolute atomic E-state index is 0.138. The van der Waals surface area contributed by atoms with Gasteiger partial charge in [-0.25, -0.2) is 4.98 Å². The van der Waals surface area contributed by atoms with Crippen LogP contribution in [0.15, 0.2) is 48.5 Å². The number of H-pyrrole nitrogens is 1. The Morgan fingerprint density at radius 1 is 1.18 bits per heavy atom. The number of hydrogen-bond donors (Lipinski definition) is 3. The second-order valence-corrected chi connectivity index (χ2v) is 6.55. The molecule has 1 amide bonds. The summed E-state index contributed by atoms with van der Waals surface area (Å²) in [4.78, 5) is 18.6. The molecule has 8 heteroatoms. The number of alkyl halides is 3. The first-order valence-electron chi connectivity index (χ1n) is 8.96. The van der Waals surface area contributed by atoms with Crippen LogP contribution in [0.5, 0.6) is 0 Å². The number of halogens is 3. The topological polar surface area (TPSA) is 69.8 Å². The normalized spacial score (nSPS) is 12.7. The Bertz CT molecular complexity index is 919. The molecule has 1 atom stereocenters. The molecule has 0 saturated carbocycles. The van der Waals surface area contributed by atoms with Gasteiger partial charge in [-0.15, -0.1) is 0 Å². The van der Waals surface area contributed by atoms with Crippen LogP contribution in [0.1, 0.15) is 36.9 Å². The number of nitrogens with one attached hydrogen (secondary N) is 3. The number of rotatable bonds is 7. The molecule has 3 aromatic rings. The van der Waals surface area contributed by atoms with Crippen LogP contribution in [0.4, 0.5) is 19.1 Å². The zero-order chi connectivity index (χ0) is 20.1. The Balaban J connectivity index is 1.83. The summed E-state index contributed by atoms with van der Waals surface area (Å²) in [7, 11) is 0. The van der Waals surface area contributed by atoms with Gasteiger partial charge in [-0.05, 0) is 42.7 Å². The van der Waals surface area contributed by atoms with Crippen molar-refractivity contribution in [3.63, 3.8) is 0 Å². The second-order valence-electron chi connectivity index (χ2n) is 6.55. The summed E-state index contributed by atoms with van der Waals surface area (Å²) in [6.07, 6.45) is -3.28. The smallest absolute Gasteiger partial charge is 0.356 e. The average molecular weight is 390 g/mol. The van der Waals surface area contributed by atoms with E-state index in [2.05, 4.69) is 20.6 Å². The highest BCUT2D eigenvalue weighted by molar-refractivity contribution is 5.77. The van der Waals surface area contributed by atoms with E-state index in [0.717, 1.165) is 23.2 Å². The predicted molar refractivity (Wildman–Crippen MR) is 102 cm³/mol. The summed E-state index contributed by atoms with van der Waals surface area (Å²) in [5.41, 5.74) is 1.43. The molecule has 0 spiro atoms. The first-order valence-corrected chi connectivity index (χ1v) is 8.96. The highest BCUT2D eigenvalue weighted by atomic mass is 19.4. The zero-order valence-electron chi connectivity index (χ0n) is 15.3. The van der Waals surface area contributed by atoms with Crippen molar-refractivity contribution in [2.75, 3.05) is 11.9 Å². The van der Waals surface area contributed by atoms with Gasteiger partial charge in [0, 0.05) is 13.5 Å². The number of fused-ring (bicyclic) bond motifs is 1. The van der Waals surface area contributed by atoms with E-state index in [9.17, 15) is 18.0 Å². The second kappa shape index (κ2) is 8.33. The molecule has 0 aliphatic carbocycles. The molecule has 0 aliphatic rings. The van der Waals surface area contributed by atoms with Gasteiger partial charge < -0.3 is 15.6 Å². The van der Waals surface area contributed by atoms with Crippen molar-refractivity contribution in [1.82, 2.24) is 15.3 Å². The van der Waals surface area contributed by atoms with Crippen LogP contribution in [-0.2, 0) is 11.0 Å². The number of benzene rings is 2. The van der Waals surface area contributed by atoms with Gasteiger partial charge in [-0.1, -0.05) is 24.3 Å². The number of amides is 1. The molecule has 3 rings (SSSR count). The number of carbonyl (C=O) groups excluding carboxylic acids is 1. The van der Waals surface area contributed by atoms with E-state index in [0.29, 0.717) is 30.9 Å². The summed E-state index contributed by atoms with van der Waals surface area (Å²) in [6.45, 7) is 1.88. The van der Waals surface area contributed by atoms with Gasteiger partial charge in [-0.2, -0.15) is 13.2 Å². The Labute approximate surface area is 160 Å². The molecule has 1 aromatic heterocycles. The number of carbonyl (C=O) groups is 1. The van der Waals surface area contributed by atoms with Crippen molar-refractivity contribution >= 4 is 22.9 Å². The molecule has 2 aromatic carbocycles. The van der Waals surface area contributed by atoms with E-state index in [-0.39, 0.29) is 5.91 Å². The molecule has 1 heterocycles. The third kappa shape index (κ3) is 5.03. The van der Waals surface area contributed by atoms with E-state index >= 15 is 0 Å². The number of aromatic amines is 1. The predicted octanol–water partition coefficient (Wildman–Crippen LogP) is 4.65. The maximum absolute atomic E-state index is 13.1. The fourth-order valence-corrected chi connectivity index (χ4v) is 3.01. The van der Waals surface area contributed by atoms with Crippen LogP contribution < -0.4 is 10.6 Å². The highest BCUT2D eigenvalue weighted by Crippen LogP contribution is 2.32. The average Bonchev–Trinajstić information content (AvgIpc) is 3.06. The van der Waals surface area contributed by atoms with Gasteiger partial charge in [0.25, 0.3) is 0 Å². The minimum atomic E-state index is -4.41. The number of imidazole rings is 1. The summed E-state index contributed by atoms with van der Waals surface area (Å²) in [5.74, 6) is 0.351. The standard InChI is InChI=1S/C20H21F3N4O/c1-13(28)24-11-5-10-16(14-6-4-7-15(12-14)20(21,22)23)25-19-26-17-8-2-3-9-18(17)27-19/h2-4,6-9,12,16H,5,10-11H2,1H3,(H,24,28)(H2,25,26,27). The summed E-state index contributed by atoms with van der Waals surface area (Å²) < 4.78 is 39.3. The van der Waals surface area contributed by atoms with Crippen molar-refractivity contribution in [1.29, 1.82) is 0 Å². The zero-order valence-corrected chi connectivity index (χ0v) is 15.3. The first kappa shape index (κ1) is 19.7. The number of nitrogens with zero attached hydrogens (tertiary/aromatic N) is 1. The molecule has 1 unspecified atom stereocenters. The van der Waals surface area contributed by atoms with Gasteiger partial charge >= 0.3 is 6.18 Å². The number of para-hydroxylation sites is 2. The third-order valence-corrected chi connectivity index (χ3v) is 4.36. The molecular formula is C20H21F3N4O. The largest absolute Gasteiger partial charge is 0.416 e. The van der Waals surface area contributed by atoms with Gasteiger partial charge in [-0.3, -0.25) is 4.79 Å². The van der Waals surface area contributed by atoms with E-state index in [1.165, 1.54) is 13.0 Å². The molecule has 5 nitrogen and oxygen atoms in total. The van der Waals surface area contributed by atoms with Crippen LogP contribution >= 0.6 is 0 Å². The van der Waals surface area contributed by atoms with Gasteiger partial charge in [0.2, 0.25) is 11.9 Å². The van der Waals surface area contributed by atoms with E-state index in [1.807, 2.05) is 24.3 Å².